The van der Waals surface area contributed by atoms with E-state index in [1.54, 1.807) is 0 Å². The summed E-state index contributed by atoms with van der Waals surface area (Å²) in [6, 6.07) is 0. The van der Waals surface area contributed by atoms with Gasteiger partial charge in [-0.15, -0.1) is 0 Å². The van der Waals surface area contributed by atoms with Gasteiger partial charge in [-0.1, -0.05) is 182 Å². The summed E-state index contributed by atoms with van der Waals surface area (Å²) in [5, 5.41) is 0. The molecule has 0 saturated heterocycles. The lowest BCUT2D eigenvalue weighted by molar-refractivity contribution is -0.167. The van der Waals surface area contributed by atoms with Crippen LogP contribution >= 0.6 is 0 Å². The molecule has 0 rings (SSSR count). The molecule has 0 heterocycles. The van der Waals surface area contributed by atoms with Gasteiger partial charge in [0.05, 0.1) is 0 Å². The monoisotopic (exact) mass is 901 g/mol. The van der Waals surface area contributed by atoms with Gasteiger partial charge in [-0.2, -0.15) is 0 Å². The molecule has 0 aromatic rings. The minimum atomic E-state index is -0.825. The van der Waals surface area contributed by atoms with E-state index in [9.17, 15) is 14.4 Å². The maximum Gasteiger partial charge on any atom is 0.306 e. The Kier molecular flexibility index (Phi) is 49.5. The van der Waals surface area contributed by atoms with Gasteiger partial charge in [0.25, 0.3) is 0 Å². The van der Waals surface area contributed by atoms with Crippen molar-refractivity contribution < 1.29 is 28.6 Å². The van der Waals surface area contributed by atoms with Gasteiger partial charge in [-0.05, 0) is 135 Å². The van der Waals surface area contributed by atoms with Crippen LogP contribution in [0.25, 0.3) is 0 Å². The minimum absolute atomic E-state index is 0.119. The van der Waals surface area contributed by atoms with Crippen LogP contribution in [0.2, 0.25) is 0 Å². The van der Waals surface area contributed by atoms with Gasteiger partial charge in [0.15, 0.2) is 6.10 Å². The van der Waals surface area contributed by atoms with Crippen LogP contribution in [-0.2, 0) is 28.6 Å². The molecule has 0 radical (unpaired) electrons. The molecule has 0 spiro atoms. The molecule has 0 aromatic heterocycles. The van der Waals surface area contributed by atoms with Crippen LogP contribution in [-0.4, -0.2) is 37.2 Å². The van der Waals surface area contributed by atoms with E-state index in [1.165, 1.54) is 77.0 Å². The van der Waals surface area contributed by atoms with Crippen molar-refractivity contribution in [1.82, 2.24) is 0 Å². The van der Waals surface area contributed by atoms with Crippen LogP contribution in [0.4, 0.5) is 0 Å². The second kappa shape index (κ2) is 52.7. The maximum absolute atomic E-state index is 12.8. The van der Waals surface area contributed by atoms with Gasteiger partial charge in [-0.3, -0.25) is 14.4 Å². The first-order valence-corrected chi connectivity index (χ1v) is 26.4. The highest BCUT2D eigenvalue weighted by Crippen LogP contribution is 2.11. The number of rotatable bonds is 46. The summed E-state index contributed by atoms with van der Waals surface area (Å²) < 4.78 is 16.7. The van der Waals surface area contributed by atoms with E-state index in [2.05, 4.69) is 130 Å². The molecule has 0 amide bonds. The molecule has 0 fully saturated rings. The summed E-state index contributed by atoms with van der Waals surface area (Å²) in [5.41, 5.74) is 0. The third kappa shape index (κ3) is 50.9. The number of unbranched alkanes of at least 4 members (excludes halogenated alkanes) is 17. The molecule has 0 aliphatic carbocycles. The van der Waals surface area contributed by atoms with Crippen molar-refractivity contribution in [2.45, 2.75) is 232 Å². The molecular formula is C59H96O6. The highest BCUT2D eigenvalue weighted by Gasteiger charge is 2.19. The minimum Gasteiger partial charge on any atom is -0.462 e. The van der Waals surface area contributed by atoms with Crippen molar-refractivity contribution in [3.8, 4) is 0 Å². The van der Waals surface area contributed by atoms with E-state index in [-0.39, 0.29) is 37.5 Å². The van der Waals surface area contributed by atoms with E-state index < -0.39 is 6.10 Å². The molecule has 0 aliphatic heterocycles. The molecule has 6 heteroatoms. The van der Waals surface area contributed by atoms with Crippen molar-refractivity contribution >= 4 is 17.9 Å². The fourth-order valence-electron chi connectivity index (χ4n) is 6.70. The van der Waals surface area contributed by atoms with Gasteiger partial charge in [0.2, 0.25) is 0 Å². The molecule has 0 saturated carbocycles. The highest BCUT2D eigenvalue weighted by atomic mass is 16.6. The lowest BCUT2D eigenvalue weighted by Gasteiger charge is -2.18. The van der Waals surface area contributed by atoms with Gasteiger partial charge in [-0.25, -0.2) is 0 Å². The molecule has 0 bridgehead atoms. The van der Waals surface area contributed by atoms with Gasteiger partial charge < -0.3 is 14.2 Å². The SMILES string of the molecule is CCCCC/C=C\C/C=C\C/C=C\CCCCCCC(=O)OC[C@@H](COC(=O)CCCC/C=C\C/C=C\C/C=C\CCCCC)OC(=O)CCCC/C=C\C/C=C\C/C=C\CCCCC. The molecular weight excluding hydrogens is 805 g/mol. The van der Waals surface area contributed by atoms with Crippen LogP contribution in [0.3, 0.4) is 0 Å². The van der Waals surface area contributed by atoms with Crippen molar-refractivity contribution in [1.29, 1.82) is 0 Å². The fourth-order valence-corrected chi connectivity index (χ4v) is 6.70. The molecule has 0 N–H and O–H groups in total. The number of hydrogen-bond acceptors (Lipinski definition) is 6. The van der Waals surface area contributed by atoms with Gasteiger partial charge in [0, 0.05) is 19.3 Å². The predicted molar refractivity (Wildman–Crippen MR) is 279 cm³/mol. The first-order valence-electron chi connectivity index (χ1n) is 26.4. The molecule has 6 nitrogen and oxygen atoms in total. The number of ether oxygens (including phenoxy) is 3. The summed E-state index contributed by atoms with van der Waals surface area (Å²) in [6.07, 6.45) is 70.7. The Morgan fingerprint density at radius 1 is 0.308 bits per heavy atom. The number of hydrogen-bond donors (Lipinski definition) is 0. The smallest absolute Gasteiger partial charge is 0.306 e. The number of allylic oxidation sites excluding steroid dienone is 18. The zero-order chi connectivity index (χ0) is 47.2. The summed E-state index contributed by atoms with van der Waals surface area (Å²) in [4.78, 5) is 38.0. The molecule has 65 heavy (non-hydrogen) atoms. The van der Waals surface area contributed by atoms with Crippen LogP contribution < -0.4 is 0 Å². The predicted octanol–water partition coefficient (Wildman–Crippen LogP) is 17.5. The molecule has 1 atom stereocenters. The topological polar surface area (TPSA) is 78.9 Å². The summed E-state index contributed by atoms with van der Waals surface area (Å²) in [7, 11) is 0. The number of esters is 3. The number of carbonyl (C=O) groups is 3. The van der Waals surface area contributed by atoms with Crippen LogP contribution in [0.15, 0.2) is 109 Å². The van der Waals surface area contributed by atoms with E-state index in [0.717, 1.165) is 96.3 Å². The standard InChI is InChI=1S/C59H96O6/c1-4-7-10-13-16-19-22-25-28-29-32-34-37-40-43-46-49-52-58(61)64-55-56(65-59(62)53-50-47-44-41-38-35-31-27-24-21-18-15-12-9-6-3)54-63-57(60)51-48-45-42-39-36-33-30-26-23-20-17-14-11-8-5-2/h16-21,25-28,30-32,34,36,38-39,41,56H,4-15,22-24,29,33,35,37,40,42-55H2,1-3H3/b19-16-,20-17-,21-18-,28-25-,30-26-,31-27-,34-32-,39-36-,41-38-/t56-/m1/s1. The normalized spacial score (nSPS) is 13.0. The van der Waals surface area contributed by atoms with Crippen LogP contribution in [0.1, 0.15) is 226 Å². The van der Waals surface area contributed by atoms with E-state index in [1.807, 2.05) is 0 Å². The average molecular weight is 901 g/mol. The molecule has 0 unspecified atom stereocenters. The second-order valence-corrected chi connectivity index (χ2v) is 17.1. The Bertz CT molecular complexity index is 1360. The largest absolute Gasteiger partial charge is 0.462 e. The lowest BCUT2D eigenvalue weighted by atomic mass is 10.1. The quantitative estimate of drug-likeness (QED) is 0.0262. The average Bonchev–Trinajstić information content (AvgIpc) is 3.30. The van der Waals surface area contributed by atoms with Crippen LogP contribution in [0, 0.1) is 0 Å². The Balaban J connectivity index is 4.57. The van der Waals surface area contributed by atoms with E-state index in [4.69, 9.17) is 14.2 Å². The zero-order valence-electron chi connectivity index (χ0n) is 42.0. The first-order chi connectivity index (χ1) is 32.0. The van der Waals surface area contributed by atoms with Crippen molar-refractivity contribution in [2.24, 2.45) is 0 Å². The fraction of sp³-hybridized carbons (Fsp3) is 0.644. The Morgan fingerprint density at radius 3 is 0.877 bits per heavy atom. The Hall–Kier alpha value is -3.93. The van der Waals surface area contributed by atoms with E-state index >= 15 is 0 Å². The summed E-state index contributed by atoms with van der Waals surface area (Å²) >= 11 is 0. The molecule has 368 valence electrons. The van der Waals surface area contributed by atoms with E-state index in [0.29, 0.717) is 25.7 Å². The Morgan fingerprint density at radius 2 is 0.554 bits per heavy atom. The Labute approximate surface area is 400 Å². The number of carbonyl (C=O) groups excluding carboxylic acids is 3. The lowest BCUT2D eigenvalue weighted by Crippen LogP contribution is -2.30. The third-order valence-corrected chi connectivity index (χ3v) is 10.7. The van der Waals surface area contributed by atoms with Gasteiger partial charge in [0.1, 0.15) is 13.2 Å². The van der Waals surface area contributed by atoms with Gasteiger partial charge >= 0.3 is 17.9 Å². The van der Waals surface area contributed by atoms with Crippen molar-refractivity contribution in [3.05, 3.63) is 109 Å². The molecule has 0 aromatic carbocycles. The zero-order valence-corrected chi connectivity index (χ0v) is 42.0. The highest BCUT2D eigenvalue weighted by molar-refractivity contribution is 5.71. The van der Waals surface area contributed by atoms with Crippen molar-refractivity contribution in [3.63, 3.8) is 0 Å². The first kappa shape index (κ1) is 61.1. The third-order valence-electron chi connectivity index (χ3n) is 10.7. The molecule has 0 aliphatic rings. The van der Waals surface area contributed by atoms with Crippen molar-refractivity contribution in [2.75, 3.05) is 13.2 Å². The maximum atomic E-state index is 12.8. The summed E-state index contributed by atoms with van der Waals surface area (Å²) in [6.45, 7) is 6.45. The second-order valence-electron chi connectivity index (χ2n) is 17.1. The van der Waals surface area contributed by atoms with Crippen LogP contribution in [0.5, 0.6) is 0 Å². The summed E-state index contributed by atoms with van der Waals surface area (Å²) in [5.74, 6) is -1.02.